The van der Waals surface area contributed by atoms with Gasteiger partial charge >= 0.3 is 0 Å². The summed E-state index contributed by atoms with van der Waals surface area (Å²) in [6, 6.07) is 11.2. The Hall–Kier alpha value is -3.12. The van der Waals surface area contributed by atoms with Gasteiger partial charge < -0.3 is 19.8 Å². The largest absolute Gasteiger partial charge is 0.395 e. The molecule has 31 heavy (non-hydrogen) atoms. The predicted octanol–water partition coefficient (Wildman–Crippen LogP) is 1.14. The number of allylic oxidation sites excluding steroid dienone is 1. The molecule has 10 nitrogen and oxygen atoms in total. The van der Waals surface area contributed by atoms with Gasteiger partial charge in [0, 0.05) is 36.3 Å². The van der Waals surface area contributed by atoms with Crippen molar-refractivity contribution in [3.63, 3.8) is 0 Å². The van der Waals surface area contributed by atoms with Gasteiger partial charge in [0.25, 0.3) is 15.7 Å². The van der Waals surface area contributed by atoms with Gasteiger partial charge in [-0.3, -0.25) is 10.1 Å². The highest BCUT2D eigenvalue weighted by molar-refractivity contribution is 7.90. The third-order valence-corrected chi connectivity index (χ3v) is 6.40. The maximum Gasteiger partial charge on any atom is 0.283 e. The standard InChI is InChI=1S/C20H19N3O7S/c24-10-8-22-9-11-30-20(25)17-7-2-1-6-16(17)18(13-19(20)22)21-31(28,29)15-5-3-4-14(12-15)23(26)27/h1-7,12-13,24-25H,8-11H2/b21-18+. The van der Waals surface area contributed by atoms with Crippen LogP contribution in [0.25, 0.3) is 0 Å². The molecule has 1 atom stereocenters. The maximum absolute atomic E-state index is 12.9. The molecule has 2 aromatic carbocycles. The van der Waals surface area contributed by atoms with Crippen molar-refractivity contribution in [1.29, 1.82) is 0 Å². The summed E-state index contributed by atoms with van der Waals surface area (Å²) in [5, 5.41) is 31.7. The van der Waals surface area contributed by atoms with E-state index < -0.39 is 20.7 Å². The summed E-state index contributed by atoms with van der Waals surface area (Å²) in [5.41, 5.74) is 0.624. The van der Waals surface area contributed by atoms with E-state index in [9.17, 15) is 28.7 Å². The van der Waals surface area contributed by atoms with E-state index in [-0.39, 0.29) is 41.8 Å². The molecule has 0 saturated carbocycles. The van der Waals surface area contributed by atoms with Crippen LogP contribution in [0.4, 0.5) is 5.69 Å². The molecule has 1 aliphatic carbocycles. The van der Waals surface area contributed by atoms with Crippen LogP contribution in [-0.4, -0.2) is 60.5 Å². The summed E-state index contributed by atoms with van der Waals surface area (Å²) in [4.78, 5) is 11.7. The number of sulfonamides is 1. The second kappa shape index (κ2) is 7.85. The van der Waals surface area contributed by atoms with E-state index in [4.69, 9.17) is 4.74 Å². The van der Waals surface area contributed by atoms with Gasteiger partial charge in [-0.1, -0.05) is 30.3 Å². The Morgan fingerprint density at radius 3 is 2.74 bits per heavy atom. The number of nitro benzene ring substituents is 1. The molecule has 1 unspecified atom stereocenters. The van der Waals surface area contributed by atoms with Crippen molar-refractivity contribution in [2.24, 2.45) is 4.40 Å². The number of morpholine rings is 1. The van der Waals surface area contributed by atoms with Crippen LogP contribution < -0.4 is 0 Å². The third kappa shape index (κ3) is 3.72. The number of rotatable bonds is 5. The number of hydrogen-bond acceptors (Lipinski definition) is 8. The Morgan fingerprint density at radius 2 is 2.00 bits per heavy atom. The molecule has 162 valence electrons. The van der Waals surface area contributed by atoms with Crippen molar-refractivity contribution in [3.05, 3.63) is 81.5 Å². The fourth-order valence-electron chi connectivity index (χ4n) is 3.69. The van der Waals surface area contributed by atoms with Crippen LogP contribution in [0.3, 0.4) is 0 Å². The number of hydrogen-bond donors (Lipinski definition) is 2. The van der Waals surface area contributed by atoms with E-state index in [1.165, 1.54) is 24.3 Å². The lowest BCUT2D eigenvalue weighted by atomic mass is 9.86. The molecule has 1 aliphatic heterocycles. The Labute approximate surface area is 177 Å². The molecule has 0 radical (unpaired) electrons. The molecule has 4 rings (SSSR count). The highest BCUT2D eigenvalue weighted by Crippen LogP contribution is 2.41. The second-order valence-corrected chi connectivity index (χ2v) is 8.59. The Morgan fingerprint density at radius 1 is 1.23 bits per heavy atom. The van der Waals surface area contributed by atoms with Crippen molar-refractivity contribution in [2.75, 3.05) is 26.3 Å². The van der Waals surface area contributed by atoms with Crippen LogP contribution in [0.2, 0.25) is 0 Å². The summed E-state index contributed by atoms with van der Waals surface area (Å²) in [7, 11) is -4.30. The molecule has 0 aromatic heterocycles. The quantitative estimate of drug-likeness (QED) is 0.515. The normalized spacial score (nSPS) is 21.9. The molecule has 0 amide bonds. The topological polar surface area (TPSA) is 143 Å². The van der Waals surface area contributed by atoms with Gasteiger partial charge in [0.05, 0.1) is 34.4 Å². The molecule has 1 saturated heterocycles. The van der Waals surface area contributed by atoms with Crippen LogP contribution in [0, 0.1) is 10.1 Å². The fraction of sp³-hybridized carbons (Fsp3) is 0.250. The zero-order valence-electron chi connectivity index (χ0n) is 16.2. The molecule has 11 heteroatoms. The number of non-ortho nitro benzene ring substituents is 1. The zero-order valence-corrected chi connectivity index (χ0v) is 17.0. The number of aliphatic hydroxyl groups is 2. The van der Waals surface area contributed by atoms with Gasteiger partial charge in [-0.25, -0.2) is 0 Å². The number of fused-ring (bicyclic) bond motifs is 3. The van der Waals surface area contributed by atoms with Crippen molar-refractivity contribution in [1.82, 2.24) is 4.90 Å². The fourth-order valence-corrected chi connectivity index (χ4v) is 4.73. The minimum atomic E-state index is -4.30. The number of β-amino-alcohol motifs (C(OH)–C–C–N with tert-alkyl or cyclic N) is 1. The lowest BCUT2D eigenvalue weighted by molar-refractivity contribution is -0.385. The Kier molecular flexibility index (Phi) is 5.35. The second-order valence-electron chi connectivity index (χ2n) is 6.98. The average Bonchev–Trinajstić information content (AvgIpc) is 2.75. The molecule has 2 N–H and O–H groups in total. The molecule has 1 heterocycles. The molecule has 2 aliphatic rings. The summed E-state index contributed by atoms with van der Waals surface area (Å²) in [6.45, 7) is 0.639. The number of benzene rings is 2. The van der Waals surface area contributed by atoms with E-state index in [1.54, 1.807) is 29.2 Å². The zero-order chi connectivity index (χ0) is 22.2. The smallest absolute Gasteiger partial charge is 0.283 e. The van der Waals surface area contributed by atoms with E-state index in [0.29, 0.717) is 17.7 Å². The first-order chi connectivity index (χ1) is 14.8. The van der Waals surface area contributed by atoms with E-state index in [2.05, 4.69) is 4.40 Å². The van der Waals surface area contributed by atoms with Crippen LogP contribution in [0.15, 0.2) is 69.6 Å². The Bertz CT molecular complexity index is 1210. The maximum atomic E-state index is 12.9. The number of ether oxygens (including phenoxy) is 1. The van der Waals surface area contributed by atoms with Gasteiger partial charge in [-0.15, -0.1) is 0 Å². The lowest BCUT2D eigenvalue weighted by Crippen LogP contribution is -2.50. The van der Waals surface area contributed by atoms with Gasteiger partial charge in [-0.05, 0) is 12.1 Å². The van der Waals surface area contributed by atoms with Crippen molar-refractivity contribution in [2.45, 2.75) is 10.7 Å². The van der Waals surface area contributed by atoms with Crippen LogP contribution in [0.1, 0.15) is 11.1 Å². The minimum absolute atomic E-state index is 0.0511. The van der Waals surface area contributed by atoms with Gasteiger partial charge in [0.1, 0.15) is 0 Å². The lowest BCUT2D eigenvalue weighted by Gasteiger charge is -2.45. The highest BCUT2D eigenvalue weighted by atomic mass is 32.2. The predicted molar refractivity (Wildman–Crippen MR) is 110 cm³/mol. The first-order valence-corrected chi connectivity index (χ1v) is 10.8. The SMILES string of the molecule is O=[N+]([O-])c1cccc(S(=O)(=O)/N=C2\C=C3N(CCO)CCOC3(O)c3ccccc32)c1. The average molecular weight is 445 g/mol. The molecular weight excluding hydrogens is 426 g/mol. The third-order valence-electron chi connectivity index (χ3n) is 5.12. The summed E-state index contributed by atoms with van der Waals surface area (Å²) in [6.07, 6.45) is 1.41. The molecule has 2 aromatic rings. The first-order valence-electron chi connectivity index (χ1n) is 9.40. The van der Waals surface area contributed by atoms with Gasteiger partial charge in [0.15, 0.2) is 0 Å². The number of nitrogens with zero attached hydrogens (tertiary/aromatic N) is 3. The minimum Gasteiger partial charge on any atom is -0.395 e. The van der Waals surface area contributed by atoms with Gasteiger partial charge in [-0.2, -0.15) is 12.8 Å². The number of nitro groups is 1. The van der Waals surface area contributed by atoms with E-state index >= 15 is 0 Å². The van der Waals surface area contributed by atoms with Crippen molar-refractivity contribution in [3.8, 4) is 0 Å². The van der Waals surface area contributed by atoms with Gasteiger partial charge in [0.2, 0.25) is 5.79 Å². The van der Waals surface area contributed by atoms with Crippen LogP contribution >= 0.6 is 0 Å². The first kappa shape index (κ1) is 21.1. The summed E-state index contributed by atoms with van der Waals surface area (Å²) < 4.78 is 35.5. The van der Waals surface area contributed by atoms with E-state index in [0.717, 1.165) is 6.07 Å². The summed E-state index contributed by atoms with van der Waals surface area (Å²) in [5.74, 6) is -1.81. The molecule has 0 bridgehead atoms. The van der Waals surface area contributed by atoms with Crippen LogP contribution in [0.5, 0.6) is 0 Å². The molecule has 1 fully saturated rings. The highest BCUT2D eigenvalue weighted by Gasteiger charge is 2.46. The van der Waals surface area contributed by atoms with Crippen molar-refractivity contribution >= 4 is 21.4 Å². The monoisotopic (exact) mass is 445 g/mol. The Balaban J connectivity index is 1.88. The van der Waals surface area contributed by atoms with E-state index in [1.807, 2.05) is 0 Å². The van der Waals surface area contributed by atoms with Crippen LogP contribution in [-0.2, 0) is 20.5 Å². The number of aliphatic hydroxyl groups excluding tert-OH is 1. The molecular formula is C20H19N3O7S. The van der Waals surface area contributed by atoms with Crippen molar-refractivity contribution < 1.29 is 28.3 Å². The summed E-state index contributed by atoms with van der Waals surface area (Å²) >= 11 is 0. The molecule has 0 spiro atoms.